The second-order valence-corrected chi connectivity index (χ2v) is 5.07. The van der Waals surface area contributed by atoms with Gasteiger partial charge in [-0.25, -0.2) is 0 Å². The standard InChI is InChI=1S/C11H18BrNO2/c1-8(13)6-9-7-10(14-2)4-5-11(9,12)15-3/h4-5,7-9H,6,13H2,1-3H3. The maximum Gasteiger partial charge on any atom is 0.147 e. The molecular weight excluding hydrogens is 258 g/mol. The Morgan fingerprint density at radius 2 is 2.27 bits per heavy atom. The Labute approximate surface area is 99.4 Å². The summed E-state index contributed by atoms with van der Waals surface area (Å²) in [4.78, 5) is 0. The first-order valence-electron chi connectivity index (χ1n) is 4.96. The maximum atomic E-state index is 5.82. The van der Waals surface area contributed by atoms with Crippen LogP contribution in [0.4, 0.5) is 0 Å². The Balaban J connectivity index is 2.85. The van der Waals surface area contributed by atoms with Crippen molar-refractivity contribution < 1.29 is 9.47 Å². The van der Waals surface area contributed by atoms with Crippen molar-refractivity contribution in [3.63, 3.8) is 0 Å². The quantitative estimate of drug-likeness (QED) is 0.800. The highest BCUT2D eigenvalue weighted by Gasteiger charge is 2.35. The van der Waals surface area contributed by atoms with Gasteiger partial charge in [-0.2, -0.15) is 0 Å². The number of ether oxygens (including phenoxy) is 2. The van der Waals surface area contributed by atoms with Crippen molar-refractivity contribution in [2.24, 2.45) is 11.7 Å². The molecule has 86 valence electrons. The number of rotatable bonds is 4. The molecule has 0 radical (unpaired) electrons. The fourth-order valence-corrected chi connectivity index (χ4v) is 2.12. The molecule has 0 bridgehead atoms. The van der Waals surface area contributed by atoms with Crippen LogP contribution in [0.3, 0.4) is 0 Å². The van der Waals surface area contributed by atoms with E-state index in [0.29, 0.717) is 0 Å². The molecule has 1 aliphatic rings. The van der Waals surface area contributed by atoms with Crippen molar-refractivity contribution in [3.05, 3.63) is 24.0 Å². The average molecular weight is 276 g/mol. The zero-order valence-corrected chi connectivity index (χ0v) is 11.0. The molecule has 1 rings (SSSR count). The van der Waals surface area contributed by atoms with Crippen LogP contribution in [0.25, 0.3) is 0 Å². The molecule has 4 heteroatoms. The highest BCUT2D eigenvalue weighted by Crippen LogP contribution is 2.38. The highest BCUT2D eigenvalue weighted by atomic mass is 79.9. The molecule has 0 aliphatic heterocycles. The lowest BCUT2D eigenvalue weighted by Gasteiger charge is -2.33. The third-order valence-electron chi connectivity index (χ3n) is 2.52. The van der Waals surface area contributed by atoms with Crippen LogP contribution < -0.4 is 5.73 Å². The third kappa shape index (κ3) is 3.06. The number of nitrogens with two attached hydrogens (primary N) is 1. The topological polar surface area (TPSA) is 44.5 Å². The molecule has 15 heavy (non-hydrogen) atoms. The van der Waals surface area contributed by atoms with Crippen LogP contribution in [0.15, 0.2) is 24.0 Å². The zero-order chi connectivity index (χ0) is 11.5. The first kappa shape index (κ1) is 12.7. The molecule has 0 spiro atoms. The van der Waals surface area contributed by atoms with Gasteiger partial charge in [0.05, 0.1) is 7.11 Å². The molecule has 0 heterocycles. The molecule has 0 aromatic carbocycles. The van der Waals surface area contributed by atoms with Gasteiger partial charge in [0.1, 0.15) is 10.3 Å². The van der Waals surface area contributed by atoms with Gasteiger partial charge >= 0.3 is 0 Å². The van der Waals surface area contributed by atoms with E-state index in [9.17, 15) is 0 Å². The highest BCUT2D eigenvalue weighted by molar-refractivity contribution is 9.10. The van der Waals surface area contributed by atoms with Crippen molar-refractivity contribution in [1.29, 1.82) is 0 Å². The summed E-state index contributed by atoms with van der Waals surface area (Å²) in [6.45, 7) is 1.99. The monoisotopic (exact) mass is 275 g/mol. The first-order valence-corrected chi connectivity index (χ1v) is 5.76. The second kappa shape index (κ2) is 5.14. The Bertz CT molecular complexity index is 276. The minimum atomic E-state index is -0.456. The fourth-order valence-electron chi connectivity index (χ4n) is 1.67. The molecule has 1 aliphatic carbocycles. The lowest BCUT2D eigenvalue weighted by Crippen LogP contribution is -2.36. The lowest BCUT2D eigenvalue weighted by molar-refractivity contribution is 0.0732. The van der Waals surface area contributed by atoms with E-state index < -0.39 is 4.51 Å². The average Bonchev–Trinajstić information content (AvgIpc) is 2.21. The van der Waals surface area contributed by atoms with Crippen LogP contribution in [-0.2, 0) is 9.47 Å². The van der Waals surface area contributed by atoms with E-state index >= 15 is 0 Å². The second-order valence-electron chi connectivity index (χ2n) is 3.83. The van der Waals surface area contributed by atoms with Gasteiger partial charge in [-0.3, -0.25) is 0 Å². The number of hydrogen-bond acceptors (Lipinski definition) is 3. The van der Waals surface area contributed by atoms with Gasteiger partial charge in [-0.05, 0) is 47.5 Å². The number of methoxy groups -OCH3 is 2. The molecule has 3 nitrogen and oxygen atoms in total. The largest absolute Gasteiger partial charge is 0.497 e. The van der Waals surface area contributed by atoms with Gasteiger partial charge in [-0.15, -0.1) is 0 Å². The van der Waals surface area contributed by atoms with Gasteiger partial charge in [0.15, 0.2) is 0 Å². The smallest absolute Gasteiger partial charge is 0.147 e. The minimum absolute atomic E-state index is 0.128. The summed E-state index contributed by atoms with van der Waals surface area (Å²) >= 11 is 3.58. The summed E-state index contributed by atoms with van der Waals surface area (Å²) in [5, 5.41) is 0. The summed E-state index contributed by atoms with van der Waals surface area (Å²) in [6, 6.07) is 0.128. The normalized spacial score (nSPS) is 32.3. The van der Waals surface area contributed by atoms with Crippen LogP contribution in [0.1, 0.15) is 13.3 Å². The minimum Gasteiger partial charge on any atom is -0.497 e. The van der Waals surface area contributed by atoms with Crippen molar-refractivity contribution in [2.75, 3.05) is 14.2 Å². The molecule has 0 aromatic heterocycles. The molecular formula is C11H18BrNO2. The fraction of sp³-hybridized carbons (Fsp3) is 0.636. The predicted octanol–water partition coefficient (Wildman–Crippen LogP) is 2.18. The van der Waals surface area contributed by atoms with E-state index in [-0.39, 0.29) is 12.0 Å². The van der Waals surface area contributed by atoms with Crippen molar-refractivity contribution >= 4 is 15.9 Å². The SMILES string of the molecule is COC1=CC(CC(C)N)C(Br)(OC)C=C1. The summed E-state index contributed by atoms with van der Waals surface area (Å²) < 4.78 is 10.2. The van der Waals surface area contributed by atoms with E-state index in [1.165, 1.54) is 0 Å². The van der Waals surface area contributed by atoms with Crippen LogP contribution in [0.5, 0.6) is 0 Å². The Kier molecular flexibility index (Phi) is 4.37. The van der Waals surface area contributed by atoms with Crippen LogP contribution in [0, 0.1) is 5.92 Å². The van der Waals surface area contributed by atoms with E-state index in [0.717, 1.165) is 12.2 Å². The third-order valence-corrected chi connectivity index (χ3v) is 3.70. The summed E-state index contributed by atoms with van der Waals surface area (Å²) in [5.41, 5.74) is 5.82. The van der Waals surface area contributed by atoms with Crippen LogP contribution in [0.2, 0.25) is 0 Å². The molecule has 0 saturated heterocycles. The number of halogens is 1. The Hall–Kier alpha value is -0.320. The van der Waals surface area contributed by atoms with Gasteiger partial charge in [-0.1, -0.05) is 0 Å². The molecule has 0 fully saturated rings. The van der Waals surface area contributed by atoms with Crippen molar-refractivity contribution in [1.82, 2.24) is 0 Å². The van der Waals surface area contributed by atoms with E-state index in [4.69, 9.17) is 15.2 Å². The number of hydrogen-bond donors (Lipinski definition) is 1. The van der Waals surface area contributed by atoms with Crippen LogP contribution in [-0.4, -0.2) is 24.8 Å². The summed E-state index contributed by atoms with van der Waals surface area (Å²) in [7, 11) is 3.34. The van der Waals surface area contributed by atoms with E-state index in [2.05, 4.69) is 15.9 Å². The molecule has 0 saturated carbocycles. The molecule has 3 unspecified atom stereocenters. The van der Waals surface area contributed by atoms with Gasteiger partial charge in [0.25, 0.3) is 0 Å². The molecule has 3 atom stereocenters. The lowest BCUT2D eigenvalue weighted by atomic mass is 9.90. The van der Waals surface area contributed by atoms with E-state index in [1.54, 1.807) is 14.2 Å². The summed E-state index contributed by atoms with van der Waals surface area (Å²) in [6.07, 6.45) is 6.74. The molecule has 0 amide bonds. The van der Waals surface area contributed by atoms with Crippen molar-refractivity contribution in [3.8, 4) is 0 Å². The number of allylic oxidation sites excluding steroid dienone is 1. The Morgan fingerprint density at radius 1 is 1.60 bits per heavy atom. The van der Waals surface area contributed by atoms with Crippen LogP contribution >= 0.6 is 15.9 Å². The van der Waals surface area contributed by atoms with Gasteiger partial charge < -0.3 is 15.2 Å². The zero-order valence-electron chi connectivity index (χ0n) is 9.37. The predicted molar refractivity (Wildman–Crippen MR) is 64.7 cm³/mol. The number of alkyl halides is 1. The Morgan fingerprint density at radius 3 is 2.73 bits per heavy atom. The molecule has 0 aromatic rings. The van der Waals surface area contributed by atoms with Crippen molar-refractivity contribution in [2.45, 2.75) is 23.9 Å². The molecule has 2 N–H and O–H groups in total. The van der Waals surface area contributed by atoms with Gasteiger partial charge in [0.2, 0.25) is 0 Å². The first-order chi connectivity index (χ1) is 7.01. The van der Waals surface area contributed by atoms with Gasteiger partial charge in [0, 0.05) is 19.1 Å². The van der Waals surface area contributed by atoms with E-state index in [1.807, 2.05) is 25.2 Å². The summed E-state index contributed by atoms with van der Waals surface area (Å²) in [5.74, 6) is 1.04. The maximum absolute atomic E-state index is 5.82.